The lowest BCUT2D eigenvalue weighted by molar-refractivity contribution is -0.251. The highest BCUT2D eigenvalue weighted by molar-refractivity contribution is 6.04. The molecule has 1 N–H and O–H groups in total. The third kappa shape index (κ3) is 4.49. The Bertz CT molecular complexity index is 1670. The summed E-state index contributed by atoms with van der Waals surface area (Å²) < 4.78 is 55.8. The van der Waals surface area contributed by atoms with Gasteiger partial charge in [0.2, 0.25) is 0 Å². The molecular formula is C24H13F4N6O3-. The predicted octanol–water partition coefficient (Wildman–Crippen LogP) is 3.86. The molecule has 0 radical (unpaired) electrons. The number of rotatable bonds is 4. The van der Waals surface area contributed by atoms with Gasteiger partial charge in [0.25, 0.3) is 5.91 Å². The summed E-state index contributed by atoms with van der Waals surface area (Å²) in [5, 5.41) is 21.4. The molecule has 0 aliphatic heterocycles. The van der Waals surface area contributed by atoms with E-state index in [1.807, 2.05) is 0 Å². The summed E-state index contributed by atoms with van der Waals surface area (Å²) in [6.07, 6.45) is -0.844. The van der Waals surface area contributed by atoms with Crippen molar-refractivity contribution < 1.29 is 32.3 Å². The molecule has 0 fully saturated rings. The fourth-order valence-electron chi connectivity index (χ4n) is 3.70. The smallest absolute Gasteiger partial charge is 0.416 e. The number of carboxylic acid groups (broad SMARTS) is 1. The van der Waals surface area contributed by atoms with Gasteiger partial charge in [-0.15, -0.1) is 0 Å². The Balaban J connectivity index is 1.49. The van der Waals surface area contributed by atoms with E-state index in [4.69, 9.17) is 0 Å². The van der Waals surface area contributed by atoms with Gasteiger partial charge in [0.1, 0.15) is 5.82 Å². The van der Waals surface area contributed by atoms with Crippen LogP contribution in [0.1, 0.15) is 15.9 Å². The van der Waals surface area contributed by atoms with Crippen molar-refractivity contribution in [3.63, 3.8) is 0 Å². The van der Waals surface area contributed by atoms with Crippen LogP contribution >= 0.6 is 0 Å². The Hall–Kier alpha value is -5.07. The number of aromatic nitrogens is 5. The van der Waals surface area contributed by atoms with Gasteiger partial charge in [-0.1, -0.05) is 6.07 Å². The van der Waals surface area contributed by atoms with Gasteiger partial charge in [0, 0.05) is 40.3 Å². The largest absolute Gasteiger partial charge is 0.528 e. The second kappa shape index (κ2) is 8.86. The lowest BCUT2D eigenvalue weighted by Gasteiger charge is -2.11. The second-order valence-electron chi connectivity index (χ2n) is 7.79. The van der Waals surface area contributed by atoms with E-state index in [2.05, 4.69) is 20.5 Å². The second-order valence-corrected chi connectivity index (χ2v) is 7.79. The maximum Gasteiger partial charge on any atom is 0.416 e. The summed E-state index contributed by atoms with van der Waals surface area (Å²) >= 11 is 0. The van der Waals surface area contributed by atoms with E-state index >= 15 is 0 Å². The van der Waals surface area contributed by atoms with Crippen LogP contribution in [0, 0.1) is 5.82 Å². The summed E-state index contributed by atoms with van der Waals surface area (Å²) in [6.45, 7) is 0. The van der Waals surface area contributed by atoms with E-state index in [9.17, 15) is 32.3 Å². The van der Waals surface area contributed by atoms with Gasteiger partial charge in [-0.25, -0.2) is 18.6 Å². The highest BCUT2D eigenvalue weighted by Gasteiger charge is 2.31. The van der Waals surface area contributed by atoms with E-state index in [1.165, 1.54) is 53.6 Å². The zero-order valence-corrected chi connectivity index (χ0v) is 18.4. The highest BCUT2D eigenvalue weighted by atomic mass is 19.4. The first-order chi connectivity index (χ1) is 17.6. The van der Waals surface area contributed by atoms with Crippen molar-refractivity contribution in [1.82, 2.24) is 24.4 Å². The van der Waals surface area contributed by atoms with Crippen LogP contribution in [0.5, 0.6) is 0 Å². The number of hydrogen-bond donors (Lipinski definition) is 1. The lowest BCUT2D eigenvalue weighted by atomic mass is 10.1. The molecule has 3 heterocycles. The molecule has 0 bridgehead atoms. The van der Waals surface area contributed by atoms with Crippen LogP contribution in [0.4, 0.5) is 28.0 Å². The van der Waals surface area contributed by atoms with Crippen LogP contribution in [-0.2, 0) is 6.18 Å². The summed E-state index contributed by atoms with van der Waals surface area (Å²) in [6, 6.07) is 9.08. The molecule has 0 atom stereocenters. The zero-order valence-electron chi connectivity index (χ0n) is 18.4. The van der Waals surface area contributed by atoms with Crippen LogP contribution in [0.3, 0.4) is 0 Å². The van der Waals surface area contributed by atoms with Crippen molar-refractivity contribution in [2.24, 2.45) is 0 Å². The Labute approximate surface area is 204 Å². The molecule has 0 unspecified atom stereocenters. The molecule has 2 aromatic carbocycles. The Kier molecular flexibility index (Phi) is 5.66. The number of nitrogens with zero attached hydrogens (tertiary/aromatic N) is 5. The first-order valence-electron chi connectivity index (χ1n) is 10.5. The number of anilines is 1. The van der Waals surface area contributed by atoms with Crippen molar-refractivity contribution in [2.45, 2.75) is 6.18 Å². The molecule has 0 saturated heterocycles. The molecule has 13 heteroatoms. The fourth-order valence-corrected chi connectivity index (χ4v) is 3.70. The summed E-state index contributed by atoms with van der Waals surface area (Å²) in [5.74, 6) is -1.47. The molecule has 1 amide bonds. The first kappa shape index (κ1) is 23.7. The van der Waals surface area contributed by atoms with E-state index in [1.54, 1.807) is 0 Å². The minimum absolute atomic E-state index is 0.0225. The van der Waals surface area contributed by atoms with Crippen molar-refractivity contribution in [3.05, 3.63) is 90.3 Å². The molecule has 0 aliphatic carbocycles. The molecular weight excluding hydrogens is 496 g/mol. The number of alkyl halides is 3. The molecule has 5 rings (SSSR count). The first-order valence-corrected chi connectivity index (χ1v) is 10.5. The van der Waals surface area contributed by atoms with Crippen molar-refractivity contribution in [1.29, 1.82) is 0 Å². The fraction of sp³-hybridized carbons (Fsp3) is 0.0417. The molecule has 3 aromatic heterocycles. The third-order valence-electron chi connectivity index (χ3n) is 5.43. The van der Waals surface area contributed by atoms with E-state index in [-0.39, 0.29) is 28.2 Å². The predicted molar refractivity (Wildman–Crippen MR) is 120 cm³/mol. The number of fused-ring (bicyclic) bond motifs is 1. The number of amides is 1. The van der Waals surface area contributed by atoms with Gasteiger partial charge in [-0.05, 0) is 42.5 Å². The molecule has 0 aliphatic rings. The van der Waals surface area contributed by atoms with Gasteiger partial charge in [0.15, 0.2) is 11.7 Å². The van der Waals surface area contributed by atoms with Crippen LogP contribution < -0.4 is 10.4 Å². The molecule has 9 nitrogen and oxygen atoms in total. The van der Waals surface area contributed by atoms with Crippen LogP contribution in [0.2, 0.25) is 0 Å². The molecule has 0 saturated carbocycles. The molecule has 5 aromatic rings. The van der Waals surface area contributed by atoms with Crippen molar-refractivity contribution in [3.8, 4) is 22.4 Å². The third-order valence-corrected chi connectivity index (χ3v) is 5.43. The maximum absolute atomic E-state index is 14.9. The summed E-state index contributed by atoms with van der Waals surface area (Å²) in [7, 11) is 0. The minimum Gasteiger partial charge on any atom is -0.528 e. The number of halogens is 4. The standard InChI is InChI=1S/C24H14F4N6O3/c25-19-5-4-16(32-22(35)13-2-1-3-15(8-13)24(26,27)28)9-17(19)20-6-7-29-21-18(11-31-34(20)21)14-10-30-33(12-14)23(36)37/h1-12H,(H,32,35)(H,36,37)/p-1. The van der Waals surface area contributed by atoms with Gasteiger partial charge in [-0.3, -0.25) is 4.79 Å². The normalized spacial score (nSPS) is 11.6. The lowest BCUT2D eigenvalue weighted by Crippen LogP contribution is -2.28. The number of hydrogen-bond acceptors (Lipinski definition) is 6. The van der Waals surface area contributed by atoms with Crippen molar-refractivity contribution in [2.75, 3.05) is 5.32 Å². The number of carbonyl (C=O) groups excluding carboxylic acids is 2. The number of carbonyl (C=O) groups is 2. The van der Waals surface area contributed by atoms with Crippen LogP contribution in [0.25, 0.3) is 28.0 Å². The summed E-state index contributed by atoms with van der Waals surface area (Å²) in [5.41, 5.74) is 0.278. The average molecular weight is 509 g/mol. The average Bonchev–Trinajstić information content (AvgIpc) is 3.52. The number of nitrogens with one attached hydrogen (secondary N) is 1. The SMILES string of the molecule is O=C(Nc1ccc(F)c(-c2ccnc3c(-c4cnn(C(=O)[O-])c4)cnn23)c1)c1cccc(C(F)(F)F)c1. The van der Waals surface area contributed by atoms with E-state index in [0.717, 1.165) is 24.3 Å². The number of benzene rings is 2. The van der Waals surface area contributed by atoms with E-state index < -0.39 is 29.6 Å². The minimum atomic E-state index is -4.61. The Morgan fingerprint density at radius 3 is 2.51 bits per heavy atom. The van der Waals surface area contributed by atoms with Crippen LogP contribution in [-0.4, -0.2) is 36.4 Å². The molecule has 37 heavy (non-hydrogen) atoms. The van der Waals surface area contributed by atoms with Gasteiger partial charge >= 0.3 is 6.18 Å². The Morgan fingerprint density at radius 2 is 1.78 bits per heavy atom. The Morgan fingerprint density at radius 1 is 0.973 bits per heavy atom. The van der Waals surface area contributed by atoms with Crippen molar-refractivity contribution >= 4 is 23.3 Å². The van der Waals surface area contributed by atoms with Gasteiger partial charge in [-0.2, -0.15) is 23.4 Å². The van der Waals surface area contributed by atoms with E-state index in [0.29, 0.717) is 15.8 Å². The zero-order chi connectivity index (χ0) is 26.3. The molecule has 186 valence electrons. The quantitative estimate of drug-likeness (QED) is 0.368. The topological polar surface area (TPSA) is 117 Å². The van der Waals surface area contributed by atoms with Crippen LogP contribution in [0.15, 0.2) is 73.3 Å². The maximum atomic E-state index is 14.9. The van der Waals surface area contributed by atoms with Gasteiger partial charge < -0.3 is 15.2 Å². The molecule has 0 spiro atoms. The summed E-state index contributed by atoms with van der Waals surface area (Å²) in [4.78, 5) is 27.9. The highest BCUT2D eigenvalue weighted by Crippen LogP contribution is 2.31. The van der Waals surface area contributed by atoms with Gasteiger partial charge in [0.05, 0.1) is 23.7 Å². The monoisotopic (exact) mass is 509 g/mol.